The predicted molar refractivity (Wildman–Crippen MR) is 192 cm³/mol. The number of benzene rings is 4. The van der Waals surface area contributed by atoms with Crippen molar-refractivity contribution in [3.05, 3.63) is 96.5 Å². The van der Waals surface area contributed by atoms with Gasteiger partial charge in [0.15, 0.2) is 5.78 Å². The molecule has 6 heteroatoms. The Morgan fingerprint density at radius 3 is 2.13 bits per heavy atom. The molecule has 0 atom stereocenters. The molecular weight excluding hydrogens is 765 g/mol. The maximum absolute atomic E-state index is 11.7. The summed E-state index contributed by atoms with van der Waals surface area (Å²) in [5, 5.41) is 17.0. The van der Waals surface area contributed by atoms with Crippen LogP contribution < -0.4 is 0 Å². The summed E-state index contributed by atoms with van der Waals surface area (Å²) in [6.07, 6.45) is 6.59. The molecule has 0 aliphatic heterocycles. The van der Waals surface area contributed by atoms with Crippen molar-refractivity contribution in [1.82, 2.24) is 9.97 Å². The fourth-order valence-electron chi connectivity index (χ4n) is 6.14. The number of aliphatic hydroxyl groups excluding tert-OH is 1. The first-order valence-corrected chi connectivity index (χ1v) is 17.1. The molecule has 1 N–H and O–H groups in total. The van der Waals surface area contributed by atoms with E-state index >= 15 is 0 Å². The van der Waals surface area contributed by atoms with Crippen molar-refractivity contribution in [3.63, 3.8) is 0 Å². The van der Waals surface area contributed by atoms with E-state index in [-0.39, 0.29) is 43.5 Å². The van der Waals surface area contributed by atoms with Crippen LogP contribution in [0.15, 0.2) is 84.9 Å². The van der Waals surface area contributed by atoms with Crippen molar-refractivity contribution in [3.8, 4) is 11.3 Å². The summed E-state index contributed by atoms with van der Waals surface area (Å²) < 4.78 is 1.25. The van der Waals surface area contributed by atoms with Gasteiger partial charge < -0.3 is 5.11 Å². The van der Waals surface area contributed by atoms with E-state index in [1.165, 1.54) is 37.9 Å². The Hall–Kier alpha value is -3.44. The zero-order chi connectivity index (χ0) is 32.1. The molecule has 0 fully saturated rings. The number of hydrogen-bond acceptors (Lipinski definition) is 5. The number of aromatic nitrogens is 2. The van der Waals surface area contributed by atoms with Crippen LogP contribution in [0.25, 0.3) is 53.1 Å². The van der Waals surface area contributed by atoms with E-state index in [2.05, 4.69) is 91.6 Å². The van der Waals surface area contributed by atoms with Crippen molar-refractivity contribution >= 4 is 59.0 Å². The van der Waals surface area contributed by atoms with Crippen LogP contribution in [0.4, 0.5) is 0 Å². The summed E-state index contributed by atoms with van der Waals surface area (Å²) in [5.41, 5.74) is 3.34. The molecule has 46 heavy (non-hydrogen) atoms. The van der Waals surface area contributed by atoms with Gasteiger partial charge in [0, 0.05) is 53.8 Å². The summed E-state index contributed by atoms with van der Waals surface area (Å²) in [7, 11) is 0. The van der Waals surface area contributed by atoms with E-state index in [0.717, 1.165) is 52.5 Å². The minimum atomic E-state index is 0. The number of aliphatic hydroxyl groups is 1. The largest absolute Gasteiger partial charge is 0.512 e. The van der Waals surface area contributed by atoms with Crippen LogP contribution in [0.3, 0.4) is 0 Å². The van der Waals surface area contributed by atoms with Crippen molar-refractivity contribution in [2.24, 2.45) is 11.8 Å². The van der Waals surface area contributed by atoms with Gasteiger partial charge in [-0.3, -0.25) is 9.78 Å². The molecular formula is C40H43IrN2O2S-. The first-order valence-electron chi connectivity index (χ1n) is 16.2. The number of carbonyl (C=O) groups is 1. The van der Waals surface area contributed by atoms with Gasteiger partial charge in [-0.15, -0.1) is 40.5 Å². The minimum Gasteiger partial charge on any atom is -0.512 e. The molecule has 0 aliphatic rings. The van der Waals surface area contributed by atoms with Gasteiger partial charge in [0.1, 0.15) is 11.2 Å². The maximum atomic E-state index is 11.7. The van der Waals surface area contributed by atoms with E-state index in [1.807, 2.05) is 27.7 Å². The Balaban J connectivity index is 0.000000259. The molecule has 4 aromatic carbocycles. The van der Waals surface area contributed by atoms with Crippen molar-refractivity contribution in [2.75, 3.05) is 0 Å². The van der Waals surface area contributed by atoms with Gasteiger partial charge in [-0.1, -0.05) is 95.0 Å². The minimum absolute atomic E-state index is 0. The van der Waals surface area contributed by atoms with Gasteiger partial charge >= 0.3 is 0 Å². The Kier molecular flexibility index (Phi) is 12.2. The topological polar surface area (TPSA) is 63.1 Å². The normalized spacial score (nSPS) is 11.9. The van der Waals surface area contributed by atoms with Crippen molar-refractivity contribution in [1.29, 1.82) is 0 Å². The van der Waals surface area contributed by atoms with Crippen LogP contribution in [0.5, 0.6) is 0 Å². The number of hydrogen-bond donors (Lipinski definition) is 1. The summed E-state index contributed by atoms with van der Waals surface area (Å²) >= 11 is 1.73. The third-order valence-electron chi connectivity index (χ3n) is 8.90. The van der Waals surface area contributed by atoms with Gasteiger partial charge in [0.05, 0.1) is 5.76 Å². The zero-order valence-electron chi connectivity index (χ0n) is 27.6. The average Bonchev–Trinajstić information content (AvgIpc) is 3.42. The molecule has 4 nitrogen and oxygen atoms in total. The third-order valence-corrected chi connectivity index (χ3v) is 9.96. The van der Waals surface area contributed by atoms with Gasteiger partial charge in [0.25, 0.3) is 0 Å². The molecule has 6 rings (SSSR count). The molecule has 1 radical (unpaired) electrons. The summed E-state index contributed by atoms with van der Waals surface area (Å²) in [4.78, 5) is 22.1. The van der Waals surface area contributed by atoms with E-state index in [4.69, 9.17) is 4.98 Å². The van der Waals surface area contributed by atoms with Gasteiger partial charge in [0.2, 0.25) is 0 Å². The fraction of sp³-hybridized carbons (Fsp3) is 0.325. The first-order chi connectivity index (χ1) is 21.8. The predicted octanol–water partition coefficient (Wildman–Crippen LogP) is 11.6. The molecule has 0 saturated carbocycles. The number of ketones is 1. The molecule has 2 aromatic heterocycles. The van der Waals surface area contributed by atoms with Gasteiger partial charge in [-0.2, -0.15) is 0 Å². The smallest absolute Gasteiger partial charge is 0.162 e. The fourth-order valence-corrected chi connectivity index (χ4v) is 7.21. The van der Waals surface area contributed by atoms with Gasteiger partial charge in [-0.25, -0.2) is 4.98 Å². The third kappa shape index (κ3) is 7.41. The van der Waals surface area contributed by atoms with E-state index in [1.54, 1.807) is 17.7 Å². The molecule has 2 heterocycles. The number of rotatable bonds is 9. The Labute approximate surface area is 290 Å². The monoisotopic (exact) mass is 808 g/mol. The molecule has 0 unspecified atom stereocenters. The van der Waals surface area contributed by atoms with Gasteiger partial charge in [-0.05, 0) is 59.9 Å². The molecule has 6 aromatic rings. The molecule has 0 aliphatic carbocycles. The first kappa shape index (κ1) is 35.4. The van der Waals surface area contributed by atoms with E-state index in [9.17, 15) is 9.90 Å². The average molecular weight is 808 g/mol. The van der Waals surface area contributed by atoms with Crippen LogP contribution in [-0.4, -0.2) is 20.9 Å². The summed E-state index contributed by atoms with van der Waals surface area (Å²) in [6.45, 7) is 12.6. The second-order valence-corrected chi connectivity index (χ2v) is 13.1. The standard InChI is InChI=1S/C27H19N2S.C13H24O2.Ir/c1-16(2)22-13-20(11-19-9-5-6-10-21(19)22)26-25-23-12-17-7-3-4-8-18(17)14-24(23)30-27(25)29-15-28-26;1-5-10(6-2)12(14)9-13(15)11(7-3)8-4;/h3-10,12-16H,1-2H3;9-11,14H,5-8H2,1-4H3;/q-1;;/b;12-9-;. The molecule has 241 valence electrons. The number of thiophene rings is 1. The second kappa shape index (κ2) is 15.9. The summed E-state index contributed by atoms with van der Waals surface area (Å²) in [6, 6.07) is 27.5. The van der Waals surface area contributed by atoms with Crippen LogP contribution in [0.1, 0.15) is 78.7 Å². The SMILES string of the molecule is CC(C)c1cc(-c2ncnc3sc4cc5ccccc5cc4c23)[c-]c2ccccc12.CCC(CC)C(=O)/C=C(\O)C(CC)CC.[Ir]. The Bertz CT molecular complexity index is 1990. The van der Waals surface area contributed by atoms with Crippen molar-refractivity contribution < 1.29 is 30.0 Å². The number of fused-ring (bicyclic) bond motifs is 5. The number of carbonyl (C=O) groups excluding carboxylic acids is 1. The Morgan fingerprint density at radius 2 is 1.48 bits per heavy atom. The summed E-state index contributed by atoms with van der Waals surface area (Å²) in [5.74, 6) is 0.967. The van der Waals surface area contributed by atoms with Crippen molar-refractivity contribution in [2.45, 2.75) is 73.1 Å². The van der Waals surface area contributed by atoms with Crippen LogP contribution in [-0.2, 0) is 24.9 Å². The quantitative estimate of drug-likeness (QED) is 0.0898. The van der Waals surface area contributed by atoms with Crippen LogP contribution in [0.2, 0.25) is 0 Å². The molecule has 0 bridgehead atoms. The van der Waals surface area contributed by atoms with Crippen LogP contribution in [0, 0.1) is 17.9 Å². The second-order valence-electron chi connectivity index (χ2n) is 12.0. The number of allylic oxidation sites excluding steroid dienone is 2. The van der Waals surface area contributed by atoms with E-state index < -0.39 is 0 Å². The molecule has 0 spiro atoms. The maximum Gasteiger partial charge on any atom is 0.162 e. The molecule has 0 saturated heterocycles. The van der Waals surface area contributed by atoms with Crippen LogP contribution >= 0.6 is 11.3 Å². The zero-order valence-corrected chi connectivity index (χ0v) is 30.8. The van der Waals surface area contributed by atoms with E-state index in [0.29, 0.717) is 5.92 Å². The molecule has 0 amide bonds. The Morgan fingerprint density at radius 1 is 0.848 bits per heavy atom. The number of nitrogens with zero attached hydrogens (tertiary/aromatic N) is 2.